The van der Waals surface area contributed by atoms with E-state index < -0.39 is 6.04 Å². The van der Waals surface area contributed by atoms with Gasteiger partial charge in [0.15, 0.2) is 5.82 Å². The van der Waals surface area contributed by atoms with Gasteiger partial charge in [0.2, 0.25) is 0 Å². The summed E-state index contributed by atoms with van der Waals surface area (Å²) in [5, 5.41) is 3.98. The molecule has 0 aliphatic carbocycles. The molecule has 2 atom stereocenters. The number of rotatable bonds is 2. The molecule has 1 amide bonds. The van der Waals surface area contributed by atoms with E-state index in [1.54, 1.807) is 11.8 Å². The molecule has 1 saturated heterocycles. The first-order valence-corrected chi connectivity index (χ1v) is 7.14. The largest absolute Gasteiger partial charge is 0.374 e. The second kappa shape index (κ2) is 5.98. The smallest absolute Gasteiger partial charge is 0.274 e. The number of ether oxygens (including phenoxy) is 1. The summed E-state index contributed by atoms with van der Waals surface area (Å²) >= 11 is 6.02. The lowest BCUT2D eigenvalue weighted by Crippen LogP contribution is -2.47. The molecule has 2 aromatic heterocycles. The van der Waals surface area contributed by atoms with Gasteiger partial charge in [-0.05, 0) is 13.8 Å². The fourth-order valence-electron chi connectivity index (χ4n) is 2.42. The molecule has 0 bridgehead atoms. The number of hydrogen-bond acceptors (Lipinski definition) is 7. The Morgan fingerprint density at radius 1 is 1.50 bits per heavy atom. The molecule has 3 heterocycles. The van der Waals surface area contributed by atoms with Gasteiger partial charge >= 0.3 is 0 Å². The molecule has 1 fully saturated rings. The van der Waals surface area contributed by atoms with Crippen molar-refractivity contribution in [1.82, 2.24) is 25.0 Å². The van der Waals surface area contributed by atoms with Crippen LogP contribution in [0.4, 0.5) is 0 Å². The Kier molecular flexibility index (Phi) is 4.04. The van der Waals surface area contributed by atoms with Gasteiger partial charge in [-0.25, -0.2) is 9.97 Å². The average Bonchev–Trinajstić information content (AvgIpc) is 2.93. The van der Waals surface area contributed by atoms with Crippen molar-refractivity contribution in [3.8, 4) is 0 Å². The van der Waals surface area contributed by atoms with Crippen LogP contribution >= 0.6 is 11.6 Å². The van der Waals surface area contributed by atoms with Gasteiger partial charge in [-0.3, -0.25) is 4.79 Å². The Hall–Kier alpha value is -2.06. The third-order valence-corrected chi connectivity index (χ3v) is 3.70. The standard InChI is InChI=1S/C13H14ClN5O3/c1-7-11(12-17-8(2)18-22-12)19(3-4-21-7)13(20)10-9(14)5-15-6-16-10/h5-7,11H,3-4H2,1-2H3/t7-,11+/m1/s1. The first-order valence-electron chi connectivity index (χ1n) is 6.76. The van der Waals surface area contributed by atoms with E-state index in [1.165, 1.54) is 12.5 Å². The molecular formula is C13H14ClN5O3. The molecule has 22 heavy (non-hydrogen) atoms. The number of hydrogen-bond donors (Lipinski definition) is 0. The molecule has 9 heteroatoms. The molecule has 0 radical (unpaired) electrons. The third kappa shape index (κ3) is 2.67. The van der Waals surface area contributed by atoms with Crippen molar-refractivity contribution < 1.29 is 14.1 Å². The topological polar surface area (TPSA) is 94.2 Å². The molecule has 8 nitrogen and oxygen atoms in total. The minimum absolute atomic E-state index is 0.145. The van der Waals surface area contributed by atoms with Crippen molar-refractivity contribution in [2.24, 2.45) is 0 Å². The van der Waals surface area contributed by atoms with Crippen LogP contribution in [0.5, 0.6) is 0 Å². The maximum atomic E-state index is 12.8. The van der Waals surface area contributed by atoms with Gasteiger partial charge in [0.1, 0.15) is 18.1 Å². The molecule has 0 N–H and O–H groups in total. The molecule has 1 aliphatic rings. The summed E-state index contributed by atoms with van der Waals surface area (Å²) in [7, 11) is 0. The summed E-state index contributed by atoms with van der Waals surface area (Å²) in [6.07, 6.45) is 2.39. The van der Waals surface area contributed by atoms with Crippen LogP contribution < -0.4 is 0 Å². The van der Waals surface area contributed by atoms with Crippen molar-refractivity contribution in [2.75, 3.05) is 13.2 Å². The van der Waals surface area contributed by atoms with E-state index >= 15 is 0 Å². The lowest BCUT2D eigenvalue weighted by Gasteiger charge is -2.37. The first-order chi connectivity index (χ1) is 10.6. The Morgan fingerprint density at radius 3 is 3.00 bits per heavy atom. The summed E-state index contributed by atoms with van der Waals surface area (Å²) in [6, 6.07) is -0.478. The van der Waals surface area contributed by atoms with Gasteiger partial charge in [0, 0.05) is 12.7 Å². The predicted octanol–water partition coefficient (Wildman–Crippen LogP) is 1.42. The number of morpholine rings is 1. The molecule has 0 saturated carbocycles. The number of nitrogens with zero attached hydrogens (tertiary/aromatic N) is 5. The Labute approximate surface area is 131 Å². The van der Waals surface area contributed by atoms with Crippen LogP contribution in [0.2, 0.25) is 5.02 Å². The van der Waals surface area contributed by atoms with Gasteiger partial charge < -0.3 is 14.2 Å². The fourth-order valence-corrected chi connectivity index (χ4v) is 2.61. The van der Waals surface area contributed by atoms with Crippen molar-refractivity contribution in [2.45, 2.75) is 26.0 Å². The van der Waals surface area contributed by atoms with Gasteiger partial charge in [0.25, 0.3) is 11.8 Å². The predicted molar refractivity (Wildman–Crippen MR) is 75.3 cm³/mol. The lowest BCUT2D eigenvalue weighted by atomic mass is 10.1. The molecule has 116 valence electrons. The zero-order valence-corrected chi connectivity index (χ0v) is 12.8. The average molecular weight is 324 g/mol. The van der Waals surface area contributed by atoms with Crippen molar-refractivity contribution >= 4 is 17.5 Å². The van der Waals surface area contributed by atoms with E-state index in [0.29, 0.717) is 24.9 Å². The van der Waals surface area contributed by atoms with Crippen LogP contribution in [-0.2, 0) is 4.74 Å². The minimum atomic E-state index is -0.478. The van der Waals surface area contributed by atoms with Gasteiger partial charge in [-0.2, -0.15) is 4.98 Å². The number of aromatic nitrogens is 4. The van der Waals surface area contributed by atoms with E-state index in [1.807, 2.05) is 6.92 Å². The lowest BCUT2D eigenvalue weighted by molar-refractivity contribution is -0.0602. The summed E-state index contributed by atoms with van der Waals surface area (Å²) in [5.74, 6) is 0.520. The molecule has 1 aliphatic heterocycles. The number of halogens is 1. The highest BCUT2D eigenvalue weighted by Gasteiger charge is 2.39. The zero-order valence-electron chi connectivity index (χ0n) is 12.1. The van der Waals surface area contributed by atoms with Crippen molar-refractivity contribution in [3.63, 3.8) is 0 Å². The Balaban J connectivity index is 1.96. The van der Waals surface area contributed by atoms with Crippen LogP contribution in [0.15, 0.2) is 17.0 Å². The second-order valence-electron chi connectivity index (χ2n) is 4.92. The van der Waals surface area contributed by atoms with Crippen LogP contribution in [-0.4, -0.2) is 50.2 Å². The molecular weight excluding hydrogens is 310 g/mol. The summed E-state index contributed by atoms with van der Waals surface area (Å²) < 4.78 is 10.8. The Morgan fingerprint density at radius 2 is 2.32 bits per heavy atom. The molecule has 2 aromatic rings. The van der Waals surface area contributed by atoms with Gasteiger partial charge in [-0.1, -0.05) is 16.8 Å². The minimum Gasteiger partial charge on any atom is -0.374 e. The first kappa shape index (κ1) is 14.9. The molecule has 3 rings (SSSR count). The maximum absolute atomic E-state index is 12.8. The van der Waals surface area contributed by atoms with E-state index in [2.05, 4.69) is 20.1 Å². The van der Waals surface area contributed by atoms with E-state index in [0.717, 1.165) is 0 Å². The van der Waals surface area contributed by atoms with Crippen LogP contribution in [0, 0.1) is 6.92 Å². The molecule has 0 spiro atoms. The summed E-state index contributed by atoms with van der Waals surface area (Å²) in [6.45, 7) is 4.37. The second-order valence-corrected chi connectivity index (χ2v) is 5.33. The van der Waals surface area contributed by atoms with E-state index in [4.69, 9.17) is 20.9 Å². The fraction of sp³-hybridized carbons (Fsp3) is 0.462. The maximum Gasteiger partial charge on any atom is 0.274 e. The van der Waals surface area contributed by atoms with Gasteiger partial charge in [0.05, 0.1) is 17.7 Å². The van der Waals surface area contributed by atoms with Crippen LogP contribution in [0.3, 0.4) is 0 Å². The Bertz CT molecular complexity index is 692. The summed E-state index contributed by atoms with van der Waals surface area (Å²) in [4.78, 5) is 26.3. The number of amides is 1. The monoisotopic (exact) mass is 323 g/mol. The van der Waals surface area contributed by atoms with Gasteiger partial charge in [-0.15, -0.1) is 0 Å². The number of carbonyl (C=O) groups is 1. The number of carbonyl (C=O) groups excluding carboxylic acids is 1. The number of aryl methyl sites for hydroxylation is 1. The van der Waals surface area contributed by atoms with Crippen LogP contribution in [0.25, 0.3) is 0 Å². The highest BCUT2D eigenvalue weighted by Crippen LogP contribution is 2.30. The van der Waals surface area contributed by atoms with E-state index in [9.17, 15) is 4.79 Å². The molecule has 0 unspecified atom stereocenters. The quantitative estimate of drug-likeness (QED) is 0.824. The van der Waals surface area contributed by atoms with Crippen molar-refractivity contribution in [1.29, 1.82) is 0 Å². The summed E-state index contributed by atoms with van der Waals surface area (Å²) in [5.41, 5.74) is 0.145. The van der Waals surface area contributed by atoms with Crippen molar-refractivity contribution in [3.05, 3.63) is 35.0 Å². The van der Waals surface area contributed by atoms with E-state index in [-0.39, 0.29) is 22.7 Å². The van der Waals surface area contributed by atoms with Crippen LogP contribution in [0.1, 0.15) is 35.2 Å². The molecule has 0 aromatic carbocycles. The zero-order chi connectivity index (χ0) is 15.7. The SMILES string of the molecule is Cc1noc([C@@H]2[C@@H](C)OCCN2C(=O)c2ncncc2Cl)n1. The normalized spacial score (nSPS) is 21.9. The third-order valence-electron chi connectivity index (χ3n) is 3.42. The highest BCUT2D eigenvalue weighted by atomic mass is 35.5. The highest BCUT2D eigenvalue weighted by molar-refractivity contribution is 6.33.